The van der Waals surface area contributed by atoms with Gasteiger partial charge in [0.1, 0.15) is 5.75 Å². The van der Waals surface area contributed by atoms with Gasteiger partial charge < -0.3 is 9.64 Å². The van der Waals surface area contributed by atoms with Crippen LogP contribution < -0.4 is 4.74 Å². The molecule has 3 heteroatoms. The van der Waals surface area contributed by atoms with Gasteiger partial charge in [0.15, 0.2) is 0 Å². The minimum absolute atomic E-state index is 0.621. The number of rotatable bonds is 6. The molecule has 0 aliphatic rings. The van der Waals surface area contributed by atoms with E-state index < -0.39 is 0 Å². The maximum atomic E-state index is 8.46. The SMILES string of the molecule is COc1ccccc1CN(C)CCCC#N. The van der Waals surface area contributed by atoms with Crippen molar-refractivity contribution in [1.29, 1.82) is 5.26 Å². The first kappa shape index (κ1) is 12.5. The Balaban J connectivity index is 2.49. The number of methoxy groups -OCH3 is 1. The maximum Gasteiger partial charge on any atom is 0.123 e. The summed E-state index contributed by atoms with van der Waals surface area (Å²) in [6.07, 6.45) is 1.54. The first-order valence-corrected chi connectivity index (χ1v) is 5.45. The first-order chi connectivity index (χ1) is 7.77. The highest BCUT2D eigenvalue weighted by molar-refractivity contribution is 5.32. The number of nitrogens with zero attached hydrogens (tertiary/aromatic N) is 2. The fourth-order valence-electron chi connectivity index (χ4n) is 1.63. The molecule has 0 unspecified atom stereocenters. The lowest BCUT2D eigenvalue weighted by atomic mass is 10.2. The molecule has 1 aromatic rings. The summed E-state index contributed by atoms with van der Waals surface area (Å²) in [6, 6.07) is 10.2. The Morgan fingerprint density at radius 3 is 2.81 bits per heavy atom. The van der Waals surface area contributed by atoms with Crippen molar-refractivity contribution in [3.8, 4) is 11.8 Å². The van der Waals surface area contributed by atoms with Gasteiger partial charge in [0, 0.05) is 18.5 Å². The van der Waals surface area contributed by atoms with Crippen LogP contribution in [0.25, 0.3) is 0 Å². The molecule has 1 aromatic carbocycles. The number of hydrogen-bond acceptors (Lipinski definition) is 3. The number of unbranched alkanes of at least 4 members (excludes halogenated alkanes) is 1. The largest absolute Gasteiger partial charge is 0.496 e. The molecule has 0 aromatic heterocycles. The monoisotopic (exact) mass is 218 g/mol. The average Bonchev–Trinajstić information content (AvgIpc) is 2.30. The van der Waals surface area contributed by atoms with Crippen LogP contribution in [-0.4, -0.2) is 25.6 Å². The molecule has 0 amide bonds. The highest BCUT2D eigenvalue weighted by Crippen LogP contribution is 2.18. The topological polar surface area (TPSA) is 36.3 Å². The Morgan fingerprint density at radius 1 is 1.38 bits per heavy atom. The molecule has 0 saturated carbocycles. The molecule has 0 atom stereocenters. The second kappa shape index (κ2) is 6.86. The van der Waals surface area contributed by atoms with Gasteiger partial charge in [-0.25, -0.2) is 0 Å². The van der Waals surface area contributed by atoms with E-state index in [0.717, 1.165) is 25.3 Å². The van der Waals surface area contributed by atoms with E-state index in [-0.39, 0.29) is 0 Å². The summed E-state index contributed by atoms with van der Waals surface area (Å²) in [5, 5.41) is 8.46. The van der Waals surface area contributed by atoms with Crippen LogP contribution >= 0.6 is 0 Å². The second-order valence-electron chi connectivity index (χ2n) is 3.81. The Labute approximate surface area is 97.3 Å². The summed E-state index contributed by atoms with van der Waals surface area (Å²) < 4.78 is 5.29. The number of benzene rings is 1. The third-order valence-corrected chi connectivity index (χ3v) is 2.46. The molecule has 0 spiro atoms. The quantitative estimate of drug-likeness (QED) is 0.688. The van der Waals surface area contributed by atoms with Gasteiger partial charge in [-0.2, -0.15) is 5.26 Å². The van der Waals surface area contributed by atoms with Crippen LogP contribution in [0.2, 0.25) is 0 Å². The van der Waals surface area contributed by atoms with Crippen LogP contribution in [0.15, 0.2) is 24.3 Å². The highest BCUT2D eigenvalue weighted by atomic mass is 16.5. The lowest BCUT2D eigenvalue weighted by Gasteiger charge is -2.17. The zero-order chi connectivity index (χ0) is 11.8. The molecule has 16 heavy (non-hydrogen) atoms. The fraction of sp³-hybridized carbons (Fsp3) is 0.462. The van der Waals surface area contributed by atoms with Gasteiger partial charge in [0.25, 0.3) is 0 Å². The van der Waals surface area contributed by atoms with E-state index in [2.05, 4.69) is 24.1 Å². The van der Waals surface area contributed by atoms with Crippen molar-refractivity contribution >= 4 is 0 Å². The molecular weight excluding hydrogens is 200 g/mol. The summed E-state index contributed by atoms with van der Waals surface area (Å²) >= 11 is 0. The molecule has 0 saturated heterocycles. The van der Waals surface area contributed by atoms with Crippen LogP contribution in [0, 0.1) is 11.3 Å². The van der Waals surface area contributed by atoms with Crippen molar-refractivity contribution in [3.63, 3.8) is 0 Å². The summed E-state index contributed by atoms with van der Waals surface area (Å²) in [4.78, 5) is 2.20. The lowest BCUT2D eigenvalue weighted by molar-refractivity contribution is 0.314. The van der Waals surface area contributed by atoms with E-state index in [0.29, 0.717) is 6.42 Å². The van der Waals surface area contributed by atoms with Crippen molar-refractivity contribution in [1.82, 2.24) is 4.90 Å². The van der Waals surface area contributed by atoms with E-state index in [1.54, 1.807) is 7.11 Å². The fourth-order valence-corrected chi connectivity index (χ4v) is 1.63. The zero-order valence-electron chi connectivity index (χ0n) is 9.94. The molecule has 86 valence electrons. The molecule has 0 heterocycles. The van der Waals surface area contributed by atoms with Crippen molar-refractivity contribution in [2.45, 2.75) is 19.4 Å². The van der Waals surface area contributed by atoms with Gasteiger partial charge in [-0.3, -0.25) is 0 Å². The molecule has 3 nitrogen and oxygen atoms in total. The Hall–Kier alpha value is -1.53. The van der Waals surface area contributed by atoms with Gasteiger partial charge in [-0.05, 0) is 26.1 Å². The molecule has 1 rings (SSSR count). The average molecular weight is 218 g/mol. The van der Waals surface area contributed by atoms with Crippen molar-refractivity contribution < 1.29 is 4.74 Å². The van der Waals surface area contributed by atoms with Crippen molar-refractivity contribution in [2.75, 3.05) is 20.7 Å². The predicted octanol–water partition coefficient (Wildman–Crippen LogP) is 2.43. The van der Waals surface area contributed by atoms with Gasteiger partial charge in [0.2, 0.25) is 0 Å². The van der Waals surface area contributed by atoms with Gasteiger partial charge >= 0.3 is 0 Å². The standard InChI is InChI=1S/C13H18N2O/c1-15(10-6-5-9-14)11-12-7-3-4-8-13(12)16-2/h3-4,7-8H,5-6,10-11H2,1-2H3. The molecule has 0 aliphatic heterocycles. The zero-order valence-corrected chi connectivity index (χ0v) is 9.94. The van der Waals surface area contributed by atoms with E-state index in [4.69, 9.17) is 10.00 Å². The molecular formula is C13H18N2O. The number of nitriles is 1. The molecule has 0 fully saturated rings. The molecule has 0 N–H and O–H groups in total. The Kier molecular flexibility index (Phi) is 5.38. The van der Waals surface area contributed by atoms with Crippen LogP contribution in [-0.2, 0) is 6.54 Å². The van der Waals surface area contributed by atoms with E-state index >= 15 is 0 Å². The Bertz CT molecular complexity index is 357. The minimum Gasteiger partial charge on any atom is -0.496 e. The molecule has 0 aliphatic carbocycles. The predicted molar refractivity (Wildman–Crippen MR) is 64.2 cm³/mol. The minimum atomic E-state index is 0.621. The second-order valence-corrected chi connectivity index (χ2v) is 3.81. The number of para-hydroxylation sites is 1. The molecule has 0 bridgehead atoms. The maximum absolute atomic E-state index is 8.46. The lowest BCUT2D eigenvalue weighted by Crippen LogP contribution is -2.19. The smallest absolute Gasteiger partial charge is 0.123 e. The third kappa shape index (κ3) is 3.92. The third-order valence-electron chi connectivity index (χ3n) is 2.46. The normalized spacial score (nSPS) is 10.1. The summed E-state index contributed by atoms with van der Waals surface area (Å²) in [7, 11) is 3.75. The van der Waals surface area contributed by atoms with Crippen LogP contribution in [0.5, 0.6) is 5.75 Å². The van der Waals surface area contributed by atoms with Gasteiger partial charge in [-0.1, -0.05) is 18.2 Å². The summed E-state index contributed by atoms with van der Waals surface area (Å²) in [5.41, 5.74) is 1.18. The van der Waals surface area contributed by atoms with Crippen LogP contribution in [0.3, 0.4) is 0 Å². The number of ether oxygens (including phenoxy) is 1. The van der Waals surface area contributed by atoms with E-state index in [9.17, 15) is 0 Å². The molecule has 0 radical (unpaired) electrons. The first-order valence-electron chi connectivity index (χ1n) is 5.45. The number of hydrogen-bond donors (Lipinski definition) is 0. The Morgan fingerprint density at radius 2 is 2.12 bits per heavy atom. The van der Waals surface area contributed by atoms with Gasteiger partial charge in [-0.15, -0.1) is 0 Å². The van der Waals surface area contributed by atoms with Crippen molar-refractivity contribution in [3.05, 3.63) is 29.8 Å². The van der Waals surface area contributed by atoms with Gasteiger partial charge in [0.05, 0.1) is 13.2 Å². The van der Waals surface area contributed by atoms with Crippen LogP contribution in [0.4, 0.5) is 0 Å². The van der Waals surface area contributed by atoms with E-state index in [1.165, 1.54) is 5.56 Å². The van der Waals surface area contributed by atoms with Crippen LogP contribution in [0.1, 0.15) is 18.4 Å². The summed E-state index contributed by atoms with van der Waals surface area (Å²) in [5.74, 6) is 0.926. The van der Waals surface area contributed by atoms with Crippen molar-refractivity contribution in [2.24, 2.45) is 0 Å². The van der Waals surface area contributed by atoms with E-state index in [1.807, 2.05) is 18.2 Å². The highest BCUT2D eigenvalue weighted by Gasteiger charge is 2.04. The summed E-state index contributed by atoms with van der Waals surface area (Å²) in [6.45, 7) is 1.79.